The Balaban J connectivity index is 2.81. The van der Waals surface area contributed by atoms with Crippen LogP contribution in [0.25, 0.3) is 0 Å². The Kier molecular flexibility index (Phi) is 4.79. The molecule has 0 aliphatic heterocycles. The molecule has 0 aliphatic rings. The topological polar surface area (TPSA) is 38.3 Å². The van der Waals surface area contributed by atoms with E-state index in [1.165, 1.54) is 5.56 Å². The van der Waals surface area contributed by atoms with Crippen LogP contribution < -0.4 is 5.32 Å². The number of nitrogens with one attached hydrogen (secondary N) is 1. The number of amides is 1. The second-order valence-electron chi connectivity index (χ2n) is 7.02. The Hall–Kier alpha value is -1.29. The maximum Gasteiger partial charge on any atom is 0.412 e. The molecule has 0 aromatic heterocycles. The van der Waals surface area contributed by atoms with E-state index in [0.717, 1.165) is 11.7 Å². The van der Waals surface area contributed by atoms with Crippen LogP contribution in [0.4, 0.5) is 10.5 Å². The van der Waals surface area contributed by atoms with Crippen molar-refractivity contribution in [3.8, 4) is 0 Å². The molecule has 0 radical (unpaired) electrons. The summed E-state index contributed by atoms with van der Waals surface area (Å²) in [4.78, 5) is 11.8. The fraction of sp³-hybridized carbons (Fsp3) is 0.533. The maximum atomic E-state index is 11.8. The summed E-state index contributed by atoms with van der Waals surface area (Å²) in [6.45, 7) is 12.5. The molecule has 0 saturated carbocycles. The van der Waals surface area contributed by atoms with Gasteiger partial charge >= 0.3 is 6.09 Å². The van der Waals surface area contributed by atoms with Crippen molar-refractivity contribution in [2.24, 2.45) is 0 Å². The molecule has 1 amide bonds. The molecule has 0 atom stereocenters. The molecule has 1 aromatic carbocycles. The highest BCUT2D eigenvalue weighted by atomic mass is 28.3. The third-order valence-electron chi connectivity index (χ3n) is 2.37. The zero-order chi connectivity index (χ0) is 14.7. The van der Waals surface area contributed by atoms with Gasteiger partial charge in [0.15, 0.2) is 0 Å². The smallest absolute Gasteiger partial charge is 0.412 e. The Labute approximate surface area is 117 Å². The summed E-state index contributed by atoms with van der Waals surface area (Å²) >= 11 is 0. The summed E-state index contributed by atoms with van der Waals surface area (Å²) in [6.07, 6.45) is -0.393. The minimum absolute atomic E-state index is 0.393. The molecule has 0 fully saturated rings. The second kappa shape index (κ2) is 5.78. The van der Waals surface area contributed by atoms with E-state index in [0.29, 0.717) is 0 Å². The first kappa shape index (κ1) is 15.8. The molecule has 1 N–H and O–H groups in total. The Morgan fingerprint density at radius 2 is 1.79 bits per heavy atom. The van der Waals surface area contributed by atoms with Gasteiger partial charge in [-0.05, 0) is 38.4 Å². The lowest BCUT2D eigenvalue weighted by Crippen LogP contribution is -2.28. The van der Waals surface area contributed by atoms with Gasteiger partial charge in [0.1, 0.15) is 5.60 Å². The lowest BCUT2D eigenvalue weighted by Gasteiger charge is -2.22. The highest BCUT2D eigenvalue weighted by Gasteiger charge is 2.19. The summed E-state index contributed by atoms with van der Waals surface area (Å²) in [5.74, 6) is 0. The highest BCUT2D eigenvalue weighted by Crippen LogP contribution is 2.21. The largest absolute Gasteiger partial charge is 0.444 e. The Bertz CT molecular complexity index is 444. The molecular weight excluding hydrogens is 254 g/mol. The summed E-state index contributed by atoms with van der Waals surface area (Å²) in [6, 6.07) is 8.99. The van der Waals surface area contributed by atoms with Crippen molar-refractivity contribution in [3.05, 3.63) is 29.8 Å². The predicted octanol–water partition coefficient (Wildman–Crippen LogP) is 4.45. The third kappa shape index (κ3) is 6.43. The van der Waals surface area contributed by atoms with E-state index in [4.69, 9.17) is 4.74 Å². The molecule has 1 rings (SSSR count). The SMILES string of the molecule is CC(C)(C)OC(=O)Nc1ccccc1C[Si](C)(C)C. The van der Waals surface area contributed by atoms with Crippen molar-refractivity contribution in [2.45, 2.75) is 52.1 Å². The van der Waals surface area contributed by atoms with E-state index in [9.17, 15) is 4.79 Å². The fourth-order valence-electron chi connectivity index (χ4n) is 1.78. The van der Waals surface area contributed by atoms with E-state index >= 15 is 0 Å². The first-order valence-electron chi connectivity index (χ1n) is 6.65. The molecule has 0 saturated heterocycles. The molecule has 0 aliphatic carbocycles. The number of carbonyl (C=O) groups excluding carboxylic acids is 1. The quantitative estimate of drug-likeness (QED) is 0.830. The van der Waals surface area contributed by atoms with Gasteiger partial charge in [-0.15, -0.1) is 0 Å². The van der Waals surface area contributed by atoms with E-state index in [-0.39, 0.29) is 0 Å². The Morgan fingerprint density at radius 1 is 1.21 bits per heavy atom. The van der Waals surface area contributed by atoms with Crippen LogP contribution in [-0.4, -0.2) is 19.8 Å². The van der Waals surface area contributed by atoms with E-state index in [2.05, 4.69) is 31.0 Å². The third-order valence-corrected chi connectivity index (χ3v) is 3.82. The lowest BCUT2D eigenvalue weighted by molar-refractivity contribution is 0.0636. The maximum absolute atomic E-state index is 11.8. The minimum atomic E-state index is -1.22. The van der Waals surface area contributed by atoms with Gasteiger partial charge in [-0.1, -0.05) is 37.8 Å². The summed E-state index contributed by atoms with van der Waals surface area (Å²) < 4.78 is 5.29. The number of hydrogen-bond acceptors (Lipinski definition) is 2. The molecule has 0 spiro atoms. The van der Waals surface area contributed by atoms with Crippen molar-refractivity contribution in [1.29, 1.82) is 0 Å². The summed E-state index contributed by atoms with van der Waals surface area (Å²) in [5.41, 5.74) is 1.57. The van der Waals surface area contributed by atoms with Crippen LogP contribution in [-0.2, 0) is 10.8 Å². The van der Waals surface area contributed by atoms with Crippen molar-refractivity contribution in [1.82, 2.24) is 0 Å². The van der Waals surface area contributed by atoms with Gasteiger partial charge in [-0.25, -0.2) is 4.79 Å². The zero-order valence-electron chi connectivity index (χ0n) is 12.8. The average molecular weight is 279 g/mol. The van der Waals surface area contributed by atoms with Gasteiger partial charge in [0.2, 0.25) is 0 Å². The first-order valence-corrected chi connectivity index (χ1v) is 10.4. The van der Waals surface area contributed by atoms with Crippen LogP contribution in [0.15, 0.2) is 24.3 Å². The average Bonchev–Trinajstić information content (AvgIpc) is 2.15. The number of carbonyl (C=O) groups is 1. The summed E-state index contributed by atoms with van der Waals surface area (Å²) in [7, 11) is -1.22. The van der Waals surface area contributed by atoms with Crippen LogP contribution in [0.1, 0.15) is 26.3 Å². The fourth-order valence-corrected chi connectivity index (χ4v) is 3.23. The summed E-state index contributed by atoms with van der Waals surface area (Å²) in [5, 5.41) is 2.85. The number of benzene rings is 1. The number of ether oxygens (including phenoxy) is 1. The molecular formula is C15H25NO2Si. The van der Waals surface area contributed by atoms with Gasteiger partial charge in [-0.2, -0.15) is 0 Å². The van der Waals surface area contributed by atoms with Gasteiger partial charge in [-0.3, -0.25) is 5.32 Å². The van der Waals surface area contributed by atoms with Crippen molar-refractivity contribution < 1.29 is 9.53 Å². The van der Waals surface area contributed by atoms with Crippen LogP contribution in [0, 0.1) is 0 Å². The highest BCUT2D eigenvalue weighted by molar-refractivity contribution is 6.75. The van der Waals surface area contributed by atoms with Crippen molar-refractivity contribution >= 4 is 19.9 Å². The number of rotatable bonds is 3. The van der Waals surface area contributed by atoms with Gasteiger partial charge < -0.3 is 4.74 Å². The minimum Gasteiger partial charge on any atom is -0.444 e. The first-order chi connectivity index (χ1) is 8.57. The van der Waals surface area contributed by atoms with Crippen LogP contribution >= 0.6 is 0 Å². The molecule has 1 aromatic rings. The molecule has 19 heavy (non-hydrogen) atoms. The van der Waals surface area contributed by atoms with E-state index in [1.807, 2.05) is 39.0 Å². The van der Waals surface area contributed by atoms with E-state index in [1.54, 1.807) is 0 Å². The normalized spacial score (nSPS) is 12.1. The Morgan fingerprint density at radius 3 is 2.32 bits per heavy atom. The second-order valence-corrected chi connectivity index (χ2v) is 12.5. The number of hydrogen-bond donors (Lipinski definition) is 1. The number of anilines is 1. The molecule has 106 valence electrons. The number of para-hydroxylation sites is 1. The zero-order valence-corrected chi connectivity index (χ0v) is 13.8. The predicted molar refractivity (Wildman–Crippen MR) is 83.3 cm³/mol. The van der Waals surface area contributed by atoms with Crippen LogP contribution in [0.2, 0.25) is 19.6 Å². The standard InChI is InChI=1S/C15H25NO2Si/c1-15(2,3)18-14(17)16-13-10-8-7-9-12(13)11-19(4,5)6/h7-10H,11H2,1-6H3,(H,16,17). The van der Waals surface area contributed by atoms with Crippen LogP contribution in [0.5, 0.6) is 0 Å². The molecule has 0 unspecified atom stereocenters. The molecule has 0 heterocycles. The molecule has 3 nitrogen and oxygen atoms in total. The van der Waals surface area contributed by atoms with Gasteiger partial charge in [0, 0.05) is 13.8 Å². The lowest BCUT2D eigenvalue weighted by atomic mass is 10.2. The molecule has 4 heteroatoms. The monoisotopic (exact) mass is 279 g/mol. The van der Waals surface area contributed by atoms with Gasteiger partial charge in [0.05, 0.1) is 0 Å². The van der Waals surface area contributed by atoms with Gasteiger partial charge in [0.25, 0.3) is 0 Å². The molecule has 0 bridgehead atoms. The van der Waals surface area contributed by atoms with Crippen LogP contribution in [0.3, 0.4) is 0 Å². The van der Waals surface area contributed by atoms with E-state index < -0.39 is 19.8 Å². The van der Waals surface area contributed by atoms with Crippen molar-refractivity contribution in [2.75, 3.05) is 5.32 Å². The van der Waals surface area contributed by atoms with Crippen molar-refractivity contribution in [3.63, 3.8) is 0 Å².